The number of aryl methyl sites for hydroxylation is 1. The third kappa shape index (κ3) is 9.23. The molecule has 27 heavy (non-hydrogen) atoms. The Bertz CT molecular complexity index is 699. The van der Waals surface area contributed by atoms with Crippen LogP contribution in [-0.2, 0) is 6.42 Å². The fraction of sp³-hybridized carbons (Fsp3) is 0.400. The van der Waals surface area contributed by atoms with E-state index >= 15 is 0 Å². The van der Waals surface area contributed by atoms with Gasteiger partial charge in [-0.2, -0.15) is 0 Å². The van der Waals surface area contributed by atoms with Gasteiger partial charge in [-0.25, -0.2) is 0 Å². The molecule has 2 aromatic rings. The molecule has 1 N–H and O–H groups in total. The van der Waals surface area contributed by atoms with E-state index in [1.54, 1.807) is 6.92 Å². The van der Waals surface area contributed by atoms with Crippen LogP contribution in [0.25, 0.3) is 11.1 Å². The van der Waals surface area contributed by atoms with E-state index in [1.807, 2.05) is 25.8 Å². The van der Waals surface area contributed by atoms with E-state index in [9.17, 15) is 0 Å². The van der Waals surface area contributed by atoms with E-state index in [4.69, 9.17) is 5.41 Å². The maximum Gasteiger partial charge on any atom is 0.0965 e. The SMILES string of the molecule is C=C(Cc1cccc(-c2cccc(C)c2)c1)N(C)C(C)=N.CC.CCCC. The fourth-order valence-corrected chi connectivity index (χ4v) is 2.28. The first kappa shape index (κ1) is 24.7. The first-order valence-corrected chi connectivity index (χ1v) is 10.0. The highest BCUT2D eigenvalue weighted by Crippen LogP contribution is 2.22. The molecule has 0 heterocycles. The minimum atomic E-state index is 0.509. The van der Waals surface area contributed by atoms with Crippen molar-refractivity contribution in [1.82, 2.24) is 4.90 Å². The molecule has 0 unspecified atom stereocenters. The Balaban J connectivity index is 0.000000998. The Labute approximate surface area is 167 Å². The normalized spacial score (nSPS) is 9.30. The summed E-state index contributed by atoms with van der Waals surface area (Å²) in [6, 6.07) is 17.0. The number of nitrogens with zero attached hydrogens (tertiary/aromatic N) is 1. The second-order valence-electron chi connectivity index (χ2n) is 6.46. The van der Waals surface area contributed by atoms with Crippen LogP contribution in [0.2, 0.25) is 0 Å². The number of unbranched alkanes of at least 4 members (excludes halogenated alkanes) is 1. The highest BCUT2D eigenvalue weighted by molar-refractivity contribution is 5.77. The lowest BCUT2D eigenvalue weighted by Gasteiger charge is -2.20. The molecular formula is C25H38N2. The summed E-state index contributed by atoms with van der Waals surface area (Å²) in [6.45, 7) is 16.3. The molecule has 2 rings (SSSR count). The van der Waals surface area contributed by atoms with Crippen LogP contribution in [0.15, 0.2) is 60.8 Å². The van der Waals surface area contributed by atoms with Crippen molar-refractivity contribution in [1.29, 1.82) is 5.41 Å². The summed E-state index contributed by atoms with van der Waals surface area (Å²) in [4.78, 5) is 1.82. The van der Waals surface area contributed by atoms with Gasteiger partial charge in [0.15, 0.2) is 0 Å². The summed E-state index contributed by atoms with van der Waals surface area (Å²) < 4.78 is 0. The molecule has 0 atom stereocenters. The van der Waals surface area contributed by atoms with Crippen molar-refractivity contribution in [2.24, 2.45) is 0 Å². The zero-order valence-electron chi connectivity index (χ0n) is 18.4. The Hall–Kier alpha value is -2.35. The van der Waals surface area contributed by atoms with Crippen LogP contribution in [0.3, 0.4) is 0 Å². The molecule has 2 aromatic carbocycles. The number of likely N-dealkylation sites (N-methyl/N-ethyl adjacent to an activating group) is 1. The van der Waals surface area contributed by atoms with Crippen molar-refractivity contribution in [2.75, 3.05) is 7.05 Å². The van der Waals surface area contributed by atoms with Gasteiger partial charge in [0.25, 0.3) is 0 Å². The van der Waals surface area contributed by atoms with Crippen molar-refractivity contribution in [2.45, 2.75) is 60.8 Å². The van der Waals surface area contributed by atoms with Crippen molar-refractivity contribution >= 4 is 5.84 Å². The average molecular weight is 367 g/mol. The first-order valence-electron chi connectivity index (χ1n) is 10.0. The molecule has 0 aromatic heterocycles. The molecule has 2 nitrogen and oxygen atoms in total. The predicted octanol–water partition coefficient (Wildman–Crippen LogP) is 7.48. The minimum Gasteiger partial charge on any atom is -0.338 e. The maximum absolute atomic E-state index is 7.66. The van der Waals surface area contributed by atoms with Gasteiger partial charge < -0.3 is 4.90 Å². The largest absolute Gasteiger partial charge is 0.338 e. The lowest BCUT2D eigenvalue weighted by Crippen LogP contribution is -2.23. The molecule has 0 amide bonds. The highest BCUT2D eigenvalue weighted by Gasteiger charge is 2.06. The molecule has 0 aliphatic heterocycles. The molecule has 0 fully saturated rings. The molecule has 0 aliphatic rings. The minimum absolute atomic E-state index is 0.509. The van der Waals surface area contributed by atoms with Gasteiger partial charge in [0, 0.05) is 19.2 Å². The number of amidine groups is 1. The first-order chi connectivity index (χ1) is 12.9. The van der Waals surface area contributed by atoms with Crippen LogP contribution < -0.4 is 0 Å². The monoisotopic (exact) mass is 366 g/mol. The number of rotatable bonds is 5. The van der Waals surface area contributed by atoms with E-state index in [-0.39, 0.29) is 0 Å². The lowest BCUT2D eigenvalue weighted by atomic mass is 10.00. The summed E-state index contributed by atoms with van der Waals surface area (Å²) in [5.41, 5.74) is 5.87. The van der Waals surface area contributed by atoms with Gasteiger partial charge in [0.05, 0.1) is 5.84 Å². The molecular weight excluding hydrogens is 328 g/mol. The number of allylic oxidation sites excluding steroid dienone is 1. The van der Waals surface area contributed by atoms with Crippen LogP contribution in [0.1, 0.15) is 58.6 Å². The van der Waals surface area contributed by atoms with E-state index in [0.29, 0.717) is 5.84 Å². The summed E-state index contributed by atoms with van der Waals surface area (Å²) in [6.07, 6.45) is 3.40. The summed E-state index contributed by atoms with van der Waals surface area (Å²) >= 11 is 0. The van der Waals surface area contributed by atoms with Gasteiger partial charge >= 0.3 is 0 Å². The fourth-order valence-electron chi connectivity index (χ4n) is 2.28. The average Bonchev–Trinajstić information content (AvgIpc) is 2.69. The van der Waals surface area contributed by atoms with Gasteiger partial charge in [-0.15, -0.1) is 0 Å². The third-order valence-corrected chi connectivity index (χ3v) is 4.16. The highest BCUT2D eigenvalue weighted by atomic mass is 15.1. The standard InChI is InChI=1S/C19H22N2.C4H10.C2H6/c1-14-7-5-9-18(11-14)19-10-6-8-17(13-19)12-15(2)21(4)16(3)20;1-3-4-2;1-2/h5-11,13,20H,2,12H2,1,3-4H3;3-4H2,1-2H3;1-2H3. The number of benzene rings is 2. The summed E-state index contributed by atoms with van der Waals surface area (Å²) in [5, 5.41) is 7.66. The smallest absolute Gasteiger partial charge is 0.0965 e. The molecule has 0 radical (unpaired) electrons. The van der Waals surface area contributed by atoms with E-state index in [1.165, 1.54) is 35.1 Å². The van der Waals surface area contributed by atoms with Crippen LogP contribution in [-0.4, -0.2) is 17.8 Å². The zero-order valence-corrected chi connectivity index (χ0v) is 18.4. The number of nitrogens with one attached hydrogen (secondary N) is 1. The predicted molar refractivity (Wildman–Crippen MR) is 123 cm³/mol. The Morgan fingerprint density at radius 3 is 1.96 bits per heavy atom. The Morgan fingerprint density at radius 2 is 1.48 bits per heavy atom. The van der Waals surface area contributed by atoms with E-state index in [2.05, 4.69) is 75.9 Å². The van der Waals surface area contributed by atoms with Gasteiger partial charge in [-0.3, -0.25) is 5.41 Å². The van der Waals surface area contributed by atoms with Crippen molar-refractivity contribution < 1.29 is 0 Å². The van der Waals surface area contributed by atoms with Gasteiger partial charge in [0.2, 0.25) is 0 Å². The molecule has 0 aliphatic carbocycles. The van der Waals surface area contributed by atoms with Crippen LogP contribution in [0, 0.1) is 12.3 Å². The van der Waals surface area contributed by atoms with Crippen LogP contribution >= 0.6 is 0 Å². The number of hydrogen-bond acceptors (Lipinski definition) is 1. The maximum atomic E-state index is 7.66. The third-order valence-electron chi connectivity index (χ3n) is 4.16. The number of hydrogen-bond donors (Lipinski definition) is 1. The van der Waals surface area contributed by atoms with Gasteiger partial charge in [0.1, 0.15) is 0 Å². The van der Waals surface area contributed by atoms with Crippen molar-refractivity contribution in [3.63, 3.8) is 0 Å². The van der Waals surface area contributed by atoms with Crippen molar-refractivity contribution in [3.05, 3.63) is 71.9 Å². The van der Waals surface area contributed by atoms with Gasteiger partial charge in [-0.1, -0.05) is 101 Å². The molecule has 0 saturated heterocycles. The van der Waals surface area contributed by atoms with E-state index < -0.39 is 0 Å². The second-order valence-corrected chi connectivity index (χ2v) is 6.46. The quantitative estimate of drug-likeness (QED) is 0.431. The Morgan fingerprint density at radius 1 is 0.963 bits per heavy atom. The molecule has 0 saturated carbocycles. The van der Waals surface area contributed by atoms with Gasteiger partial charge in [-0.05, 0) is 30.5 Å². The Kier molecular flexibility index (Phi) is 12.6. The molecule has 0 spiro atoms. The molecule has 0 bridgehead atoms. The van der Waals surface area contributed by atoms with Crippen LogP contribution in [0.4, 0.5) is 0 Å². The lowest BCUT2D eigenvalue weighted by molar-refractivity contribution is 0.600. The zero-order chi connectivity index (χ0) is 20.8. The van der Waals surface area contributed by atoms with Crippen LogP contribution in [0.5, 0.6) is 0 Å². The summed E-state index contributed by atoms with van der Waals surface area (Å²) in [7, 11) is 1.88. The second kappa shape index (κ2) is 13.8. The topological polar surface area (TPSA) is 27.1 Å². The van der Waals surface area contributed by atoms with E-state index in [0.717, 1.165) is 12.1 Å². The summed E-state index contributed by atoms with van der Waals surface area (Å²) in [5.74, 6) is 0.509. The molecule has 2 heteroatoms. The van der Waals surface area contributed by atoms with Crippen molar-refractivity contribution in [3.8, 4) is 11.1 Å². The molecule has 148 valence electrons.